The topological polar surface area (TPSA) is 85.2 Å². The largest absolute Gasteiger partial charge is 0.468 e. The summed E-state index contributed by atoms with van der Waals surface area (Å²) in [7, 11) is 1.36. The van der Waals surface area contributed by atoms with E-state index in [4.69, 9.17) is 0 Å². The number of anilines is 1. The minimum Gasteiger partial charge on any atom is -0.468 e. The first kappa shape index (κ1) is 18.6. The van der Waals surface area contributed by atoms with Crippen LogP contribution < -0.4 is 10.6 Å². The van der Waals surface area contributed by atoms with Gasteiger partial charge in [-0.3, -0.25) is 19.6 Å². The molecule has 1 aromatic heterocycles. The molecule has 1 atom stereocenters. The number of ether oxygens (including phenoxy) is 1. The molecule has 7 nitrogen and oxygen atoms in total. The van der Waals surface area contributed by atoms with Crippen molar-refractivity contribution in [3.63, 3.8) is 0 Å². The first-order valence-electron chi connectivity index (χ1n) is 8.44. The summed E-state index contributed by atoms with van der Waals surface area (Å²) in [4.78, 5) is 24.0. The summed E-state index contributed by atoms with van der Waals surface area (Å²) in [6.45, 7) is 2.82. The molecular weight excluding hydrogens is 400 g/mol. The number of benzene rings is 1. The zero-order chi connectivity index (χ0) is 18.7. The lowest BCUT2D eigenvalue weighted by molar-refractivity contribution is -0.139. The third-order valence-electron chi connectivity index (χ3n) is 4.50. The Labute approximate surface area is 160 Å². The van der Waals surface area contributed by atoms with E-state index in [1.807, 2.05) is 29.8 Å². The molecule has 138 valence electrons. The molecular formula is C18H21BrN4O3. The number of hydrogen-bond acceptors (Lipinski definition) is 5. The SMILES string of the molecule is COC(=O)CN[C@@H]1CCCn2nc(C(=O)Nc3cccc(Br)c3C)cc21. The molecule has 0 fully saturated rings. The average molecular weight is 421 g/mol. The zero-order valence-corrected chi connectivity index (χ0v) is 16.3. The molecule has 0 saturated heterocycles. The van der Waals surface area contributed by atoms with E-state index in [9.17, 15) is 9.59 Å². The zero-order valence-electron chi connectivity index (χ0n) is 14.7. The minimum atomic E-state index is -0.315. The first-order chi connectivity index (χ1) is 12.5. The van der Waals surface area contributed by atoms with Crippen molar-refractivity contribution in [3.05, 3.63) is 45.7 Å². The molecule has 0 spiro atoms. The standard InChI is InChI=1S/C18H21BrN4O3/c1-11-12(19)5-3-6-13(11)21-18(25)15-9-16-14(20-10-17(24)26-2)7-4-8-23(16)22-15/h3,5-6,9,14,20H,4,7-8,10H2,1-2H3,(H,21,25)/t14-/m1/s1. The van der Waals surface area contributed by atoms with Crippen LogP contribution in [0.5, 0.6) is 0 Å². The van der Waals surface area contributed by atoms with Crippen molar-refractivity contribution in [3.8, 4) is 0 Å². The summed E-state index contributed by atoms with van der Waals surface area (Å²) in [5, 5.41) is 10.5. The number of halogens is 1. The molecule has 8 heteroatoms. The maximum Gasteiger partial charge on any atom is 0.319 e. The van der Waals surface area contributed by atoms with Crippen LogP contribution in [0.2, 0.25) is 0 Å². The smallest absolute Gasteiger partial charge is 0.319 e. The highest BCUT2D eigenvalue weighted by molar-refractivity contribution is 9.10. The van der Waals surface area contributed by atoms with Crippen LogP contribution in [0.4, 0.5) is 5.69 Å². The highest BCUT2D eigenvalue weighted by Crippen LogP contribution is 2.27. The van der Waals surface area contributed by atoms with Crippen molar-refractivity contribution in [2.45, 2.75) is 32.4 Å². The van der Waals surface area contributed by atoms with Gasteiger partial charge in [-0.25, -0.2) is 0 Å². The van der Waals surface area contributed by atoms with Gasteiger partial charge in [0.05, 0.1) is 19.3 Å². The maximum absolute atomic E-state index is 12.6. The second-order valence-corrected chi connectivity index (χ2v) is 7.05. The van der Waals surface area contributed by atoms with E-state index in [2.05, 4.69) is 36.4 Å². The van der Waals surface area contributed by atoms with Crippen LogP contribution in [-0.2, 0) is 16.1 Å². The van der Waals surface area contributed by atoms with E-state index in [-0.39, 0.29) is 24.5 Å². The van der Waals surface area contributed by atoms with Gasteiger partial charge in [-0.15, -0.1) is 0 Å². The van der Waals surface area contributed by atoms with Crippen molar-refractivity contribution in [1.29, 1.82) is 0 Å². The number of carbonyl (C=O) groups is 2. The molecule has 0 unspecified atom stereocenters. The number of nitrogens with zero attached hydrogens (tertiary/aromatic N) is 2. The third kappa shape index (κ3) is 3.96. The van der Waals surface area contributed by atoms with Crippen molar-refractivity contribution in [2.75, 3.05) is 19.0 Å². The van der Waals surface area contributed by atoms with Crippen LogP contribution in [0.1, 0.15) is 40.6 Å². The van der Waals surface area contributed by atoms with Gasteiger partial charge in [0.25, 0.3) is 5.91 Å². The van der Waals surface area contributed by atoms with E-state index in [0.29, 0.717) is 5.69 Å². The number of hydrogen-bond donors (Lipinski definition) is 2. The number of esters is 1. The summed E-state index contributed by atoms with van der Waals surface area (Å²) in [5.74, 6) is -0.565. The Morgan fingerprint density at radius 3 is 3.00 bits per heavy atom. The summed E-state index contributed by atoms with van der Waals surface area (Å²) < 4.78 is 7.44. The monoisotopic (exact) mass is 420 g/mol. The second kappa shape index (κ2) is 8.01. The number of methoxy groups -OCH3 is 1. The van der Waals surface area contributed by atoms with Crippen LogP contribution in [0.3, 0.4) is 0 Å². The Kier molecular flexibility index (Phi) is 5.73. The molecule has 26 heavy (non-hydrogen) atoms. The average Bonchev–Trinajstić information content (AvgIpc) is 3.08. The molecule has 0 aliphatic carbocycles. The lowest BCUT2D eigenvalue weighted by Crippen LogP contribution is -2.32. The molecule has 0 saturated carbocycles. The van der Waals surface area contributed by atoms with E-state index in [1.54, 1.807) is 6.07 Å². The Balaban J connectivity index is 1.76. The number of nitrogens with one attached hydrogen (secondary N) is 2. The number of amides is 1. The predicted molar refractivity (Wildman–Crippen MR) is 101 cm³/mol. The van der Waals surface area contributed by atoms with Gasteiger partial charge < -0.3 is 10.1 Å². The molecule has 1 aliphatic heterocycles. The predicted octanol–water partition coefficient (Wildman–Crippen LogP) is 2.80. The highest BCUT2D eigenvalue weighted by atomic mass is 79.9. The van der Waals surface area contributed by atoms with Gasteiger partial charge in [0.15, 0.2) is 5.69 Å². The summed E-state index contributed by atoms with van der Waals surface area (Å²) in [5.41, 5.74) is 2.99. The molecule has 1 amide bonds. The lowest BCUT2D eigenvalue weighted by Gasteiger charge is -2.24. The van der Waals surface area contributed by atoms with Gasteiger partial charge in [0, 0.05) is 22.7 Å². The van der Waals surface area contributed by atoms with E-state index < -0.39 is 0 Å². The minimum absolute atomic E-state index is 0.0236. The number of rotatable bonds is 5. The number of fused-ring (bicyclic) bond motifs is 1. The van der Waals surface area contributed by atoms with Crippen molar-refractivity contribution in [2.24, 2.45) is 0 Å². The van der Waals surface area contributed by atoms with Crippen molar-refractivity contribution in [1.82, 2.24) is 15.1 Å². The molecule has 1 aromatic carbocycles. The highest BCUT2D eigenvalue weighted by Gasteiger charge is 2.25. The molecule has 2 aromatic rings. The van der Waals surface area contributed by atoms with Crippen LogP contribution >= 0.6 is 15.9 Å². The molecule has 3 rings (SSSR count). The fourth-order valence-electron chi connectivity index (χ4n) is 3.01. The van der Waals surface area contributed by atoms with Crippen molar-refractivity contribution < 1.29 is 14.3 Å². The van der Waals surface area contributed by atoms with Gasteiger partial charge in [-0.1, -0.05) is 22.0 Å². The first-order valence-corrected chi connectivity index (χ1v) is 9.23. The number of aromatic nitrogens is 2. The van der Waals surface area contributed by atoms with Crippen LogP contribution in [0.25, 0.3) is 0 Å². The van der Waals surface area contributed by atoms with Crippen LogP contribution in [-0.4, -0.2) is 35.3 Å². The number of carbonyl (C=O) groups excluding carboxylic acids is 2. The second-order valence-electron chi connectivity index (χ2n) is 6.20. The van der Waals surface area contributed by atoms with Crippen LogP contribution in [0, 0.1) is 6.92 Å². The normalized spacial score (nSPS) is 16.0. The lowest BCUT2D eigenvalue weighted by atomic mass is 10.0. The molecule has 2 heterocycles. The Bertz CT molecular complexity index is 834. The van der Waals surface area contributed by atoms with Gasteiger partial charge in [-0.05, 0) is 43.5 Å². The maximum atomic E-state index is 12.6. The fourth-order valence-corrected chi connectivity index (χ4v) is 3.38. The van der Waals surface area contributed by atoms with Gasteiger partial charge in [0.2, 0.25) is 0 Å². The van der Waals surface area contributed by atoms with E-state index in [1.165, 1.54) is 7.11 Å². The Morgan fingerprint density at radius 1 is 1.42 bits per heavy atom. The molecule has 2 N–H and O–H groups in total. The molecule has 1 aliphatic rings. The summed E-state index contributed by atoms with van der Waals surface area (Å²) >= 11 is 3.46. The summed E-state index contributed by atoms with van der Waals surface area (Å²) in [6.07, 6.45) is 1.81. The van der Waals surface area contributed by atoms with Gasteiger partial charge >= 0.3 is 5.97 Å². The van der Waals surface area contributed by atoms with Gasteiger partial charge in [0.1, 0.15) is 0 Å². The summed E-state index contributed by atoms with van der Waals surface area (Å²) in [6, 6.07) is 7.42. The Hall–Kier alpha value is -2.19. The molecule has 0 radical (unpaired) electrons. The van der Waals surface area contributed by atoms with E-state index in [0.717, 1.165) is 40.8 Å². The van der Waals surface area contributed by atoms with Crippen molar-refractivity contribution >= 4 is 33.5 Å². The van der Waals surface area contributed by atoms with Crippen LogP contribution in [0.15, 0.2) is 28.7 Å². The molecule has 0 bridgehead atoms. The quantitative estimate of drug-likeness (QED) is 0.726. The fraction of sp³-hybridized carbons (Fsp3) is 0.389. The van der Waals surface area contributed by atoms with E-state index >= 15 is 0 Å². The number of aryl methyl sites for hydroxylation is 1. The Morgan fingerprint density at radius 2 is 2.23 bits per heavy atom. The van der Waals surface area contributed by atoms with Gasteiger partial charge in [-0.2, -0.15) is 5.10 Å². The third-order valence-corrected chi connectivity index (χ3v) is 5.36.